The molecule has 1 aromatic rings. The fourth-order valence-electron chi connectivity index (χ4n) is 3.23. The van der Waals surface area contributed by atoms with E-state index < -0.39 is 10.2 Å². The average molecular weight is 327 g/mol. The van der Waals surface area contributed by atoms with Crippen molar-refractivity contribution >= 4 is 10.2 Å². The Hall–Kier alpha value is -0.990. The van der Waals surface area contributed by atoms with Crippen LogP contribution in [0.4, 0.5) is 0 Å². The summed E-state index contributed by atoms with van der Waals surface area (Å²) >= 11 is 0. The van der Waals surface area contributed by atoms with Crippen molar-refractivity contribution < 1.29 is 8.42 Å². The van der Waals surface area contributed by atoms with Gasteiger partial charge in [0.05, 0.1) is 12.2 Å². The van der Waals surface area contributed by atoms with Gasteiger partial charge in [-0.25, -0.2) is 4.68 Å². The monoisotopic (exact) mass is 327 g/mol. The van der Waals surface area contributed by atoms with E-state index in [1.165, 1.54) is 0 Å². The van der Waals surface area contributed by atoms with Crippen molar-refractivity contribution in [3.63, 3.8) is 0 Å². The van der Waals surface area contributed by atoms with E-state index in [4.69, 9.17) is 0 Å². The first-order chi connectivity index (χ1) is 10.5. The number of rotatable bonds is 5. The number of aromatic nitrogens is 3. The summed E-state index contributed by atoms with van der Waals surface area (Å²) < 4.78 is 30.7. The summed E-state index contributed by atoms with van der Waals surface area (Å²) in [6.45, 7) is 3.16. The largest absolute Gasteiger partial charge is 0.281 e. The zero-order chi connectivity index (χ0) is 15.7. The van der Waals surface area contributed by atoms with Gasteiger partial charge in [-0.05, 0) is 44.9 Å². The molecule has 3 rings (SSSR count). The van der Waals surface area contributed by atoms with Crippen LogP contribution >= 0.6 is 0 Å². The van der Waals surface area contributed by atoms with Crippen LogP contribution in [0.15, 0.2) is 12.4 Å². The van der Waals surface area contributed by atoms with Crippen LogP contribution in [0.2, 0.25) is 0 Å². The van der Waals surface area contributed by atoms with Crippen LogP contribution in [0.3, 0.4) is 0 Å². The van der Waals surface area contributed by atoms with Crippen LogP contribution in [-0.2, 0) is 10.2 Å². The Morgan fingerprint density at radius 2 is 2.00 bits per heavy atom. The molecule has 0 bridgehead atoms. The average Bonchev–Trinajstić information content (AvgIpc) is 3.27. The third kappa shape index (κ3) is 3.18. The smallest absolute Gasteiger partial charge is 0.249 e. The van der Waals surface area contributed by atoms with Crippen molar-refractivity contribution in [1.29, 1.82) is 0 Å². The van der Waals surface area contributed by atoms with Gasteiger partial charge < -0.3 is 0 Å². The standard InChI is InChI=1S/C14H25N5O2S/c1-12(13-5-6-13)17(2)22(20,21)18-9-3-4-14(7-10-18)19-11-8-15-16-19/h8,11-14H,3-7,9-10H2,1-2H3. The molecule has 1 aromatic heterocycles. The van der Waals surface area contributed by atoms with E-state index >= 15 is 0 Å². The van der Waals surface area contributed by atoms with Crippen LogP contribution in [0.1, 0.15) is 45.1 Å². The summed E-state index contributed by atoms with van der Waals surface area (Å²) in [6, 6.07) is 0.341. The lowest BCUT2D eigenvalue weighted by Gasteiger charge is -2.30. The highest BCUT2D eigenvalue weighted by atomic mass is 32.2. The Morgan fingerprint density at radius 1 is 1.23 bits per heavy atom. The topological polar surface area (TPSA) is 71.3 Å². The highest BCUT2D eigenvalue weighted by Gasteiger charge is 2.38. The van der Waals surface area contributed by atoms with Gasteiger partial charge in [-0.2, -0.15) is 17.0 Å². The van der Waals surface area contributed by atoms with Crippen LogP contribution in [0.25, 0.3) is 0 Å². The summed E-state index contributed by atoms with van der Waals surface area (Å²) in [7, 11) is -1.64. The molecule has 2 aliphatic rings. The second-order valence-corrected chi connectivity index (χ2v) is 8.46. The molecule has 8 heteroatoms. The Morgan fingerprint density at radius 3 is 2.64 bits per heavy atom. The first kappa shape index (κ1) is 15.9. The molecule has 0 radical (unpaired) electrons. The fourth-order valence-corrected chi connectivity index (χ4v) is 4.88. The molecule has 1 aliphatic heterocycles. The van der Waals surface area contributed by atoms with Gasteiger partial charge in [0, 0.05) is 32.4 Å². The lowest BCUT2D eigenvalue weighted by Crippen LogP contribution is -2.46. The van der Waals surface area contributed by atoms with Crippen LogP contribution in [0, 0.1) is 5.92 Å². The molecule has 0 N–H and O–H groups in total. The van der Waals surface area contributed by atoms with Gasteiger partial charge in [-0.15, -0.1) is 5.10 Å². The van der Waals surface area contributed by atoms with E-state index in [-0.39, 0.29) is 12.1 Å². The van der Waals surface area contributed by atoms with E-state index in [0.717, 1.165) is 32.1 Å². The molecule has 7 nitrogen and oxygen atoms in total. The van der Waals surface area contributed by atoms with E-state index in [1.807, 2.05) is 17.8 Å². The zero-order valence-electron chi connectivity index (χ0n) is 13.3. The molecular weight excluding hydrogens is 302 g/mol. The van der Waals surface area contributed by atoms with Crippen LogP contribution in [0.5, 0.6) is 0 Å². The molecular formula is C14H25N5O2S. The molecule has 1 saturated carbocycles. The predicted molar refractivity (Wildman–Crippen MR) is 83.4 cm³/mol. The summed E-state index contributed by atoms with van der Waals surface area (Å²) in [5.74, 6) is 0.537. The van der Waals surface area contributed by atoms with E-state index in [9.17, 15) is 8.42 Å². The van der Waals surface area contributed by atoms with Gasteiger partial charge in [0.25, 0.3) is 10.2 Å². The molecule has 2 heterocycles. The minimum atomic E-state index is -3.36. The maximum Gasteiger partial charge on any atom is 0.281 e. The van der Waals surface area contributed by atoms with Crippen molar-refractivity contribution in [2.75, 3.05) is 20.1 Å². The third-order valence-corrected chi connectivity index (χ3v) is 7.12. The number of hydrogen-bond donors (Lipinski definition) is 0. The van der Waals surface area contributed by atoms with Gasteiger partial charge in [0.1, 0.15) is 0 Å². The van der Waals surface area contributed by atoms with E-state index in [0.29, 0.717) is 19.0 Å². The number of hydrogen-bond acceptors (Lipinski definition) is 4. The fraction of sp³-hybridized carbons (Fsp3) is 0.857. The quantitative estimate of drug-likeness (QED) is 0.817. The Bertz CT molecular complexity index is 584. The molecule has 0 amide bonds. The minimum Gasteiger partial charge on any atom is -0.249 e. The van der Waals surface area contributed by atoms with E-state index in [1.54, 1.807) is 21.9 Å². The number of nitrogens with zero attached hydrogens (tertiary/aromatic N) is 5. The molecule has 22 heavy (non-hydrogen) atoms. The van der Waals surface area contributed by atoms with E-state index in [2.05, 4.69) is 10.3 Å². The summed E-state index contributed by atoms with van der Waals surface area (Å²) in [6.07, 6.45) is 8.41. The first-order valence-electron chi connectivity index (χ1n) is 8.09. The van der Waals surface area contributed by atoms with Crippen molar-refractivity contribution in [2.45, 2.75) is 51.1 Å². The van der Waals surface area contributed by atoms with Crippen LogP contribution in [-0.4, -0.2) is 58.2 Å². The first-order valence-corrected chi connectivity index (χ1v) is 9.48. The lowest BCUT2D eigenvalue weighted by atomic mass is 10.1. The summed E-state index contributed by atoms with van der Waals surface area (Å²) in [4.78, 5) is 0. The highest BCUT2D eigenvalue weighted by Crippen LogP contribution is 2.36. The normalized spacial score (nSPS) is 26.0. The van der Waals surface area contributed by atoms with Gasteiger partial charge in [-0.3, -0.25) is 0 Å². The molecule has 0 spiro atoms. The second kappa shape index (κ2) is 6.25. The predicted octanol–water partition coefficient (Wildman–Crippen LogP) is 1.28. The SMILES string of the molecule is CC(C1CC1)N(C)S(=O)(=O)N1CCCC(n2ccnn2)CC1. The van der Waals surface area contributed by atoms with Gasteiger partial charge in [0.15, 0.2) is 0 Å². The second-order valence-electron chi connectivity index (χ2n) is 6.47. The van der Waals surface area contributed by atoms with Crippen molar-refractivity contribution in [1.82, 2.24) is 23.6 Å². The maximum atomic E-state index is 12.8. The van der Waals surface area contributed by atoms with Gasteiger partial charge in [0.2, 0.25) is 0 Å². The zero-order valence-corrected chi connectivity index (χ0v) is 14.1. The van der Waals surface area contributed by atoms with Crippen LogP contribution < -0.4 is 0 Å². The molecule has 2 atom stereocenters. The third-order valence-electron chi connectivity index (χ3n) is 5.04. The highest BCUT2D eigenvalue weighted by molar-refractivity contribution is 7.86. The van der Waals surface area contributed by atoms with Crippen molar-refractivity contribution in [3.8, 4) is 0 Å². The van der Waals surface area contributed by atoms with Gasteiger partial charge >= 0.3 is 0 Å². The Labute approximate surface area is 132 Å². The minimum absolute atomic E-state index is 0.0966. The molecule has 0 aromatic carbocycles. The molecule has 2 fully saturated rings. The maximum absolute atomic E-state index is 12.8. The van der Waals surface area contributed by atoms with Crippen molar-refractivity contribution in [2.24, 2.45) is 5.92 Å². The molecule has 1 aliphatic carbocycles. The summed E-state index contributed by atoms with van der Waals surface area (Å²) in [5, 5.41) is 7.90. The molecule has 2 unspecified atom stereocenters. The summed E-state index contributed by atoms with van der Waals surface area (Å²) in [5.41, 5.74) is 0. The Kier molecular flexibility index (Phi) is 4.52. The van der Waals surface area contributed by atoms with Gasteiger partial charge in [-0.1, -0.05) is 5.21 Å². The molecule has 1 saturated heterocycles. The van der Waals surface area contributed by atoms with Crippen molar-refractivity contribution in [3.05, 3.63) is 12.4 Å². The molecule has 124 valence electrons. The lowest BCUT2D eigenvalue weighted by molar-refractivity contribution is 0.308. The Balaban J connectivity index is 1.66.